The van der Waals surface area contributed by atoms with Gasteiger partial charge in [0.2, 0.25) is 5.76 Å². The fraction of sp³-hybridized carbons (Fsp3) is 0.588. The molecule has 3 aliphatic heterocycles. The van der Waals surface area contributed by atoms with E-state index in [-0.39, 0.29) is 72.6 Å². The maximum Gasteiger partial charge on any atom is 0.375 e. The summed E-state index contributed by atoms with van der Waals surface area (Å²) < 4.78 is 31.3. The van der Waals surface area contributed by atoms with Crippen molar-refractivity contribution in [2.24, 2.45) is 11.8 Å². The summed E-state index contributed by atoms with van der Waals surface area (Å²) in [6.07, 6.45) is 6.76. The third-order valence-electron chi connectivity index (χ3n) is 14.7. The second-order valence-electron chi connectivity index (χ2n) is 18.7. The molecule has 4 heterocycles. The van der Waals surface area contributed by atoms with E-state index in [1.807, 2.05) is 30.5 Å². The Morgan fingerprint density at radius 2 is 1.85 bits per heavy atom. The van der Waals surface area contributed by atoms with E-state index >= 15 is 0 Å². The number of Topliss-reactive ketones (excluding diaryl/α,β-unsaturated/α-hetero) is 1. The number of rotatable bonds is 18. The minimum Gasteiger partial charge on any atom is -0.489 e. The molecule has 66 heavy (non-hydrogen) atoms. The van der Waals surface area contributed by atoms with Crippen molar-refractivity contribution >= 4 is 34.5 Å². The minimum atomic E-state index is -1.37. The highest BCUT2D eigenvalue weighted by atomic mass is 16.6. The number of ether oxygens (including phenoxy) is 5. The van der Waals surface area contributed by atoms with Crippen molar-refractivity contribution < 1.29 is 63.6 Å². The Kier molecular flexibility index (Phi) is 15.3. The molecule has 1 aromatic heterocycles. The molecule has 5 aliphatic rings. The lowest BCUT2D eigenvalue weighted by atomic mass is 9.71. The number of hydrogen-bond donors (Lipinski definition) is 6. The molecule has 6 N–H and O–H groups in total. The summed E-state index contributed by atoms with van der Waals surface area (Å²) in [5, 5.41) is 57.0. The minimum absolute atomic E-state index is 0.0235. The lowest BCUT2D eigenvalue weighted by Gasteiger charge is -2.44. The Bertz CT molecular complexity index is 2310. The van der Waals surface area contributed by atoms with Crippen LogP contribution in [0, 0.1) is 11.8 Å². The molecule has 1 saturated heterocycles. The number of aliphatic hydroxyl groups is 5. The highest BCUT2D eigenvalue weighted by Crippen LogP contribution is 2.58. The summed E-state index contributed by atoms with van der Waals surface area (Å²) in [4.78, 5) is 47.4. The molecule has 0 unspecified atom stereocenters. The molecule has 358 valence electrons. The number of fused-ring (bicyclic) bond motifs is 3. The number of ketones is 1. The zero-order valence-electron chi connectivity index (χ0n) is 38.2. The topological polar surface area (TPSA) is 218 Å². The molecule has 2 aliphatic carbocycles. The van der Waals surface area contributed by atoms with E-state index in [1.165, 1.54) is 0 Å². The fourth-order valence-electron chi connectivity index (χ4n) is 11.3. The number of piperidine rings is 1. The van der Waals surface area contributed by atoms with Gasteiger partial charge in [-0.05, 0) is 126 Å². The van der Waals surface area contributed by atoms with Crippen LogP contribution < -0.4 is 14.2 Å². The first-order chi connectivity index (χ1) is 32.1. The largest absolute Gasteiger partial charge is 0.489 e. The highest BCUT2D eigenvalue weighted by molar-refractivity contribution is 6.11. The smallest absolute Gasteiger partial charge is 0.375 e. The third-order valence-corrected chi connectivity index (χ3v) is 14.7. The number of nitrogens with one attached hydrogen (secondary N) is 1. The summed E-state index contributed by atoms with van der Waals surface area (Å²) in [5.41, 5.74) is 2.07. The van der Waals surface area contributed by atoms with Crippen molar-refractivity contribution in [3.63, 3.8) is 0 Å². The number of unbranched alkanes of at least 4 members (excludes halogenated alkanes) is 1. The molecular formula is C51H66N2O13. The first-order valence-corrected chi connectivity index (χ1v) is 23.9. The van der Waals surface area contributed by atoms with E-state index in [0.717, 1.165) is 42.5 Å². The first kappa shape index (κ1) is 47.9. The molecule has 2 saturated carbocycles. The number of aromatic nitrogens is 1. The van der Waals surface area contributed by atoms with Crippen molar-refractivity contribution in [1.29, 1.82) is 0 Å². The van der Waals surface area contributed by atoms with Crippen LogP contribution in [0.4, 0.5) is 0 Å². The van der Waals surface area contributed by atoms with Gasteiger partial charge in [0.15, 0.2) is 6.29 Å². The number of aliphatic hydroxyl groups excluding tert-OH is 4. The Morgan fingerprint density at radius 1 is 1.03 bits per heavy atom. The van der Waals surface area contributed by atoms with E-state index in [4.69, 9.17) is 23.7 Å². The summed E-state index contributed by atoms with van der Waals surface area (Å²) in [5.74, 6) is -2.63. The highest BCUT2D eigenvalue weighted by Gasteiger charge is 2.51. The number of likely N-dealkylation sites (tertiary alicyclic amines) is 1. The Balaban J connectivity index is 1.30. The second kappa shape index (κ2) is 21.1. The number of aromatic amines is 1. The number of H-pyrrole nitrogens is 1. The molecule has 0 spiro atoms. The maximum atomic E-state index is 14.2. The van der Waals surface area contributed by atoms with Gasteiger partial charge in [-0.2, -0.15) is 0 Å². The van der Waals surface area contributed by atoms with Crippen LogP contribution in [-0.4, -0.2) is 131 Å². The van der Waals surface area contributed by atoms with Gasteiger partial charge in [0.05, 0.1) is 42.6 Å². The number of esters is 1. The van der Waals surface area contributed by atoms with E-state index in [1.54, 1.807) is 14.0 Å². The standard InChI is InChI=1S/C51H66N2O13/c1-3-63-50(60)49-39(28-56)43(32-23-33(27-55)45(59)37(24-32)30-10-11-41-31(22-30)12-16-52-41)44-47(64-36-9-6-8-35(58)25-36)38-26-42(65-46(38)40(29-57)48(44)66-49)51(61,15-4-5-20-54)34-13-18-53(19-14-34)17-7-21-62-2/h10-12,16,22,28,33-37,42,52,54-55,57-58,61H,3-9,13-15,17-21,23-27,29H2,1-2H3/b43-32-/t33-,35-,36-,37-,42+,51-/m1/s1. The zero-order valence-corrected chi connectivity index (χ0v) is 38.2. The number of aldehydes is 1. The molecule has 15 heteroatoms. The zero-order chi connectivity index (χ0) is 46.5. The number of carbonyl (C=O) groups excluding carboxylic acids is 3. The van der Waals surface area contributed by atoms with E-state index in [2.05, 4.69) is 9.88 Å². The molecule has 6 atom stereocenters. The summed E-state index contributed by atoms with van der Waals surface area (Å²) in [6, 6.07) is 7.65. The van der Waals surface area contributed by atoms with E-state index < -0.39 is 60.7 Å². The normalized spacial score (nSPS) is 25.8. The van der Waals surface area contributed by atoms with Gasteiger partial charge in [0, 0.05) is 74.4 Å². The van der Waals surface area contributed by atoms with Crippen LogP contribution in [0.3, 0.4) is 0 Å². The van der Waals surface area contributed by atoms with E-state index in [0.29, 0.717) is 93.0 Å². The van der Waals surface area contributed by atoms with Gasteiger partial charge >= 0.3 is 5.97 Å². The molecule has 0 amide bonds. The van der Waals surface area contributed by atoms with Gasteiger partial charge in [-0.3, -0.25) is 9.59 Å². The van der Waals surface area contributed by atoms with Gasteiger partial charge in [-0.25, -0.2) is 4.79 Å². The molecule has 15 nitrogen and oxygen atoms in total. The van der Waals surface area contributed by atoms with Crippen LogP contribution in [0.25, 0.3) is 16.5 Å². The molecule has 3 fully saturated rings. The maximum absolute atomic E-state index is 14.2. The number of benzene rings is 2. The number of nitrogens with zero attached hydrogens (tertiary/aromatic N) is 1. The van der Waals surface area contributed by atoms with Crippen LogP contribution in [-0.2, 0) is 36.9 Å². The molecule has 2 aromatic carbocycles. The van der Waals surface area contributed by atoms with Gasteiger partial charge in [-0.1, -0.05) is 11.6 Å². The molecule has 0 bridgehead atoms. The Morgan fingerprint density at radius 3 is 2.56 bits per heavy atom. The Hall–Kier alpha value is -4.61. The molecular weight excluding hydrogens is 849 g/mol. The molecule has 0 radical (unpaired) electrons. The van der Waals surface area contributed by atoms with E-state index in [9.17, 15) is 39.9 Å². The number of allylic oxidation sites excluding steroid dienone is 3. The van der Waals surface area contributed by atoms with Crippen molar-refractivity contribution in [3.8, 4) is 17.2 Å². The number of hydrogen-bond acceptors (Lipinski definition) is 14. The summed E-state index contributed by atoms with van der Waals surface area (Å²) in [6.45, 7) is 3.62. The summed E-state index contributed by atoms with van der Waals surface area (Å²) >= 11 is 0. The fourth-order valence-corrected chi connectivity index (χ4v) is 11.3. The molecule has 8 rings (SSSR count). The van der Waals surface area contributed by atoms with Crippen molar-refractivity contribution in [1.82, 2.24) is 9.88 Å². The summed E-state index contributed by atoms with van der Waals surface area (Å²) in [7, 11) is 1.69. The Labute approximate surface area is 385 Å². The van der Waals surface area contributed by atoms with Crippen LogP contribution in [0.2, 0.25) is 0 Å². The van der Waals surface area contributed by atoms with Crippen LogP contribution in [0.1, 0.15) is 112 Å². The van der Waals surface area contributed by atoms with Crippen LogP contribution in [0.5, 0.6) is 17.2 Å². The predicted octanol–water partition coefficient (Wildman–Crippen LogP) is 5.21. The van der Waals surface area contributed by atoms with Crippen LogP contribution >= 0.6 is 0 Å². The lowest BCUT2D eigenvalue weighted by molar-refractivity contribution is -0.141. The predicted molar refractivity (Wildman–Crippen MR) is 244 cm³/mol. The van der Waals surface area contributed by atoms with Gasteiger partial charge in [-0.15, -0.1) is 0 Å². The van der Waals surface area contributed by atoms with Crippen molar-refractivity contribution in [2.45, 2.75) is 127 Å². The van der Waals surface area contributed by atoms with Gasteiger partial charge in [0.1, 0.15) is 40.8 Å². The SMILES string of the molecule is CCOC(=O)C1=C(C=O)/C(=C2\C[C@H](CO)C(=O)[C@@H](c3ccc4[nH]ccc4c3)C2)c2c(c(CO)c3c(c2O[C@@H]2CCC[C@@H](O)C2)C[C@@H]([C@@](O)(CCCCO)C2CCN(CCCOC)CC2)O3)O1. The second-order valence-corrected chi connectivity index (χ2v) is 18.7. The first-order valence-electron chi connectivity index (χ1n) is 23.9. The quantitative estimate of drug-likeness (QED) is 0.0549. The number of carbonyl (C=O) groups is 3. The average Bonchev–Trinajstić information content (AvgIpc) is 4.00. The lowest BCUT2D eigenvalue weighted by Crippen LogP contribution is -2.54. The monoisotopic (exact) mass is 914 g/mol. The van der Waals surface area contributed by atoms with Gasteiger partial charge < -0.3 is 59.1 Å². The van der Waals surface area contributed by atoms with Crippen molar-refractivity contribution in [2.75, 3.05) is 53.2 Å². The molecule has 3 aromatic rings. The van der Waals surface area contributed by atoms with Gasteiger partial charge in [0.25, 0.3) is 0 Å². The van der Waals surface area contributed by atoms with Crippen LogP contribution in [0.15, 0.2) is 47.4 Å². The number of methoxy groups -OCH3 is 1. The third kappa shape index (κ3) is 9.45. The average molecular weight is 915 g/mol. The van der Waals surface area contributed by atoms with Crippen molar-refractivity contribution in [3.05, 3.63) is 69.6 Å².